The molecule has 1 heterocycles. The molecule has 4 nitrogen and oxygen atoms in total. The van der Waals surface area contributed by atoms with E-state index in [-0.39, 0.29) is 15.4 Å². The topological polar surface area (TPSA) is 42.6 Å². The van der Waals surface area contributed by atoms with Crippen LogP contribution >= 0.6 is 51.0 Å². The summed E-state index contributed by atoms with van der Waals surface area (Å²) in [4.78, 5) is 0. The molecule has 0 aromatic rings. The van der Waals surface area contributed by atoms with E-state index in [0.29, 0.717) is 0 Å². The lowest BCUT2D eigenvalue weighted by molar-refractivity contribution is 0.222. The van der Waals surface area contributed by atoms with Crippen LogP contribution in [0.3, 0.4) is 0 Å². The highest BCUT2D eigenvalue weighted by Crippen LogP contribution is 2.29. The minimum absolute atomic E-state index is 0.00367. The van der Waals surface area contributed by atoms with Crippen molar-refractivity contribution in [1.82, 2.24) is 9.15 Å². The van der Waals surface area contributed by atoms with Gasteiger partial charge in [0.1, 0.15) is 5.03 Å². The molecule has 1 aliphatic heterocycles. The second-order valence-electron chi connectivity index (χ2n) is 1.65. The Hall–Kier alpha value is -0.150. The molecule has 0 saturated carbocycles. The molecule has 0 spiro atoms. The van der Waals surface area contributed by atoms with Gasteiger partial charge < -0.3 is 0 Å². The highest BCUT2D eigenvalue weighted by molar-refractivity contribution is 9.07. The molecule has 1 rings (SSSR count). The Bertz CT molecular complexity index is 306. The summed E-state index contributed by atoms with van der Waals surface area (Å²) in [6, 6.07) is 0. The van der Waals surface area contributed by atoms with E-state index in [1.54, 1.807) is 6.19 Å². The number of hydrazine groups is 1. The van der Waals surface area contributed by atoms with Gasteiger partial charge in [0, 0.05) is 0 Å². The van der Waals surface area contributed by atoms with Gasteiger partial charge in [0.15, 0.2) is 10.3 Å². The molecule has 64 valence electrons. The Kier molecular flexibility index (Phi) is 3.07. The Balaban J connectivity index is 3.10. The lowest BCUT2D eigenvalue weighted by atomic mass is 10.6. The molecule has 0 aliphatic carbocycles. The molecule has 0 amide bonds. The minimum atomic E-state index is -0.00367. The highest BCUT2D eigenvalue weighted by atomic mass is 79.9. The molecule has 0 bridgehead atoms. The molecule has 0 unspecified atom stereocenters. The second kappa shape index (κ2) is 3.71. The van der Waals surface area contributed by atoms with E-state index in [1.807, 2.05) is 0 Å². The quantitative estimate of drug-likeness (QED) is 0.391. The smallest absolute Gasteiger partial charge is 0.170 e. The Morgan fingerprint density at radius 1 is 1.42 bits per heavy atom. The molecule has 0 N–H and O–H groups in total. The summed E-state index contributed by atoms with van der Waals surface area (Å²) < 4.78 is 1.00. The van der Waals surface area contributed by atoms with Crippen molar-refractivity contribution in [3.63, 3.8) is 0 Å². The van der Waals surface area contributed by atoms with Gasteiger partial charge in [-0.15, -0.1) is 14.3 Å². The van der Waals surface area contributed by atoms with Gasteiger partial charge in [0.2, 0.25) is 6.19 Å². The number of hydrogen-bond acceptors (Lipinski definition) is 4. The van der Waals surface area contributed by atoms with Crippen LogP contribution in [0.15, 0.2) is 15.3 Å². The lowest BCUT2D eigenvalue weighted by Gasteiger charge is -2.24. The SMILES string of the molecule is N#CN1C(Cl)=C(Cl)C(Cl)=NN1Br. The van der Waals surface area contributed by atoms with Gasteiger partial charge in [-0.25, -0.2) is 0 Å². The van der Waals surface area contributed by atoms with E-state index in [4.69, 9.17) is 40.1 Å². The third kappa shape index (κ3) is 1.62. The van der Waals surface area contributed by atoms with Crippen LogP contribution in [0.5, 0.6) is 0 Å². The summed E-state index contributed by atoms with van der Waals surface area (Å²) in [5.41, 5.74) is 0. The maximum atomic E-state index is 8.55. The zero-order chi connectivity index (χ0) is 9.30. The molecule has 0 fully saturated rings. The van der Waals surface area contributed by atoms with Crippen molar-refractivity contribution < 1.29 is 0 Å². The Labute approximate surface area is 91.9 Å². The molecular formula is C4BrCl3N4. The van der Waals surface area contributed by atoms with Gasteiger partial charge in [0.05, 0.1) is 16.1 Å². The maximum absolute atomic E-state index is 8.55. The Morgan fingerprint density at radius 3 is 2.50 bits per heavy atom. The van der Waals surface area contributed by atoms with Gasteiger partial charge in [-0.3, -0.25) is 0 Å². The predicted octanol–water partition coefficient (Wildman–Crippen LogP) is 2.51. The van der Waals surface area contributed by atoms with Crippen LogP contribution in [0.4, 0.5) is 0 Å². The summed E-state index contributed by atoms with van der Waals surface area (Å²) in [7, 11) is 0. The zero-order valence-corrected chi connectivity index (χ0v) is 9.15. The highest BCUT2D eigenvalue weighted by Gasteiger charge is 2.24. The first kappa shape index (κ1) is 9.93. The predicted molar refractivity (Wildman–Crippen MR) is 50.2 cm³/mol. The van der Waals surface area contributed by atoms with Crippen LogP contribution in [0, 0.1) is 11.5 Å². The van der Waals surface area contributed by atoms with Crippen molar-refractivity contribution in [2.75, 3.05) is 0 Å². The molecule has 12 heavy (non-hydrogen) atoms. The van der Waals surface area contributed by atoms with Gasteiger partial charge >= 0.3 is 0 Å². The minimum Gasteiger partial charge on any atom is -0.170 e. The maximum Gasteiger partial charge on any atom is 0.208 e. The summed E-state index contributed by atoms with van der Waals surface area (Å²) in [5.74, 6) is 0. The van der Waals surface area contributed by atoms with Gasteiger partial charge in [-0.2, -0.15) is 5.26 Å². The van der Waals surface area contributed by atoms with Crippen LogP contribution < -0.4 is 0 Å². The summed E-state index contributed by atoms with van der Waals surface area (Å²) >= 11 is 19.7. The Morgan fingerprint density at radius 2 is 2.00 bits per heavy atom. The van der Waals surface area contributed by atoms with Crippen molar-refractivity contribution in [1.29, 1.82) is 5.26 Å². The molecule has 1 aliphatic rings. The van der Waals surface area contributed by atoms with E-state index in [9.17, 15) is 0 Å². The standard InChI is InChI=1S/C4BrCl3N4/c5-12-10-3(7)2(6)4(8)11(12)1-9. The van der Waals surface area contributed by atoms with E-state index in [0.717, 1.165) is 9.15 Å². The van der Waals surface area contributed by atoms with Crippen LogP contribution in [0.25, 0.3) is 0 Å². The second-order valence-corrected chi connectivity index (χ2v) is 3.38. The van der Waals surface area contributed by atoms with Crippen LogP contribution in [0.2, 0.25) is 0 Å². The van der Waals surface area contributed by atoms with Crippen molar-refractivity contribution >= 4 is 56.1 Å². The monoisotopic (exact) mass is 288 g/mol. The third-order valence-electron chi connectivity index (χ3n) is 0.978. The molecule has 0 saturated heterocycles. The summed E-state index contributed by atoms with van der Waals surface area (Å²) in [5, 5.41) is 13.2. The number of nitriles is 1. The normalized spacial score (nSPS) is 17.8. The molecule has 0 aromatic carbocycles. The van der Waals surface area contributed by atoms with Crippen molar-refractivity contribution in [3.8, 4) is 6.19 Å². The number of rotatable bonds is 0. The van der Waals surface area contributed by atoms with E-state index in [2.05, 4.69) is 21.2 Å². The van der Waals surface area contributed by atoms with Crippen molar-refractivity contribution in [2.45, 2.75) is 0 Å². The fourth-order valence-electron chi connectivity index (χ4n) is 0.492. The van der Waals surface area contributed by atoms with E-state index in [1.165, 1.54) is 0 Å². The average Bonchev–Trinajstić information content (AvgIpc) is 2.01. The first-order valence-electron chi connectivity index (χ1n) is 2.53. The first-order valence-corrected chi connectivity index (χ1v) is 4.37. The summed E-state index contributed by atoms with van der Waals surface area (Å²) in [6.45, 7) is 0. The number of halogens is 4. The van der Waals surface area contributed by atoms with Crippen molar-refractivity contribution in [2.24, 2.45) is 5.10 Å². The number of hydrogen-bond donors (Lipinski definition) is 0. The zero-order valence-electron chi connectivity index (χ0n) is 5.30. The number of hydrazone groups is 1. The average molecular weight is 290 g/mol. The number of nitrogens with zero attached hydrogens (tertiary/aromatic N) is 4. The number of allylic oxidation sites excluding steroid dienone is 1. The molecule has 8 heteroatoms. The largest absolute Gasteiger partial charge is 0.208 e. The third-order valence-corrected chi connectivity index (χ3v) is 2.62. The first-order chi connectivity index (χ1) is 5.57. The van der Waals surface area contributed by atoms with Gasteiger partial charge in [-0.1, -0.05) is 34.8 Å². The fourth-order valence-corrected chi connectivity index (χ4v) is 1.59. The van der Waals surface area contributed by atoms with Crippen LogP contribution in [-0.2, 0) is 0 Å². The summed E-state index contributed by atoms with van der Waals surface area (Å²) in [6.07, 6.45) is 1.73. The molecule has 0 atom stereocenters. The molecular weight excluding hydrogens is 290 g/mol. The van der Waals surface area contributed by atoms with Gasteiger partial charge in [0.25, 0.3) is 0 Å². The fraction of sp³-hybridized carbons (Fsp3) is 0. The van der Waals surface area contributed by atoms with E-state index >= 15 is 0 Å². The molecule has 0 aromatic heterocycles. The van der Waals surface area contributed by atoms with Crippen LogP contribution in [0.1, 0.15) is 0 Å². The van der Waals surface area contributed by atoms with E-state index < -0.39 is 0 Å². The lowest BCUT2D eigenvalue weighted by Crippen LogP contribution is -2.29. The van der Waals surface area contributed by atoms with Gasteiger partial charge in [-0.05, 0) is 0 Å². The molecule has 0 radical (unpaired) electrons. The van der Waals surface area contributed by atoms with Crippen molar-refractivity contribution in [3.05, 3.63) is 10.2 Å². The van der Waals surface area contributed by atoms with Crippen LogP contribution in [-0.4, -0.2) is 14.3 Å².